The fraction of sp³-hybridized carbons (Fsp3) is 0.391. The smallest absolute Gasteiger partial charge is 0.317 e. The fourth-order valence-corrected chi connectivity index (χ4v) is 3.92. The summed E-state index contributed by atoms with van der Waals surface area (Å²) in [4.78, 5) is 25.5. The Balaban J connectivity index is 1.87. The maximum absolute atomic E-state index is 12.8. The number of esters is 1. The quantitative estimate of drug-likeness (QED) is 0.406. The van der Waals surface area contributed by atoms with Gasteiger partial charge in [0.25, 0.3) is 0 Å². The highest BCUT2D eigenvalue weighted by molar-refractivity contribution is 6.02. The number of carbonyl (C=O) groups is 2. The summed E-state index contributed by atoms with van der Waals surface area (Å²) in [6.07, 6.45) is 3.34. The van der Waals surface area contributed by atoms with Gasteiger partial charge in [0.2, 0.25) is 0 Å². The van der Waals surface area contributed by atoms with Crippen LogP contribution >= 0.6 is 0 Å². The van der Waals surface area contributed by atoms with Crippen molar-refractivity contribution < 1.29 is 14.3 Å². The molecule has 0 spiro atoms. The van der Waals surface area contributed by atoms with E-state index in [0.717, 1.165) is 30.4 Å². The lowest BCUT2D eigenvalue weighted by molar-refractivity contribution is -0.151. The summed E-state index contributed by atoms with van der Waals surface area (Å²) in [5.41, 5.74) is 2.14. The highest BCUT2D eigenvalue weighted by Crippen LogP contribution is 2.48. The molecule has 0 unspecified atom stereocenters. The number of hydrogen-bond acceptors (Lipinski definition) is 3. The largest absolute Gasteiger partial charge is 0.465 e. The van der Waals surface area contributed by atoms with Gasteiger partial charge in [-0.15, -0.1) is 0 Å². The number of benzene rings is 2. The molecule has 2 aromatic carbocycles. The molecule has 0 saturated heterocycles. The summed E-state index contributed by atoms with van der Waals surface area (Å²) in [5, 5.41) is 0. The second kappa shape index (κ2) is 8.79. The Morgan fingerprint density at radius 3 is 2.19 bits per heavy atom. The molecule has 0 aliphatic heterocycles. The summed E-state index contributed by atoms with van der Waals surface area (Å²) in [6.45, 7) is 2.51. The highest BCUT2D eigenvalue weighted by Gasteiger charge is 2.48. The van der Waals surface area contributed by atoms with Crippen molar-refractivity contribution in [3.05, 3.63) is 71.8 Å². The SMILES string of the molecule is CCCCCOC(=O)[C@H]1C(=O)C[C@@H](c2ccccc2)[C@H]1c1ccccc1. The van der Waals surface area contributed by atoms with E-state index in [2.05, 4.69) is 6.92 Å². The Hall–Kier alpha value is -2.42. The number of hydrogen-bond donors (Lipinski definition) is 0. The van der Waals surface area contributed by atoms with Crippen LogP contribution in [0.2, 0.25) is 0 Å². The molecule has 3 nitrogen and oxygen atoms in total. The minimum Gasteiger partial charge on any atom is -0.465 e. The molecule has 0 heterocycles. The Morgan fingerprint density at radius 2 is 1.58 bits per heavy atom. The molecule has 3 rings (SSSR count). The van der Waals surface area contributed by atoms with E-state index >= 15 is 0 Å². The van der Waals surface area contributed by atoms with E-state index in [9.17, 15) is 9.59 Å². The van der Waals surface area contributed by atoms with Crippen molar-refractivity contribution in [1.29, 1.82) is 0 Å². The average Bonchev–Trinajstić information content (AvgIpc) is 3.04. The third kappa shape index (κ3) is 4.04. The number of Topliss-reactive ketones (excluding diaryl/α,β-unsaturated/α-hetero) is 1. The van der Waals surface area contributed by atoms with E-state index in [4.69, 9.17) is 4.74 Å². The second-order valence-electron chi connectivity index (χ2n) is 6.98. The van der Waals surface area contributed by atoms with Crippen LogP contribution in [-0.2, 0) is 14.3 Å². The molecular formula is C23H26O3. The van der Waals surface area contributed by atoms with Gasteiger partial charge in [0.15, 0.2) is 0 Å². The average molecular weight is 350 g/mol. The van der Waals surface area contributed by atoms with Crippen molar-refractivity contribution >= 4 is 11.8 Å². The van der Waals surface area contributed by atoms with Gasteiger partial charge in [-0.05, 0) is 23.5 Å². The van der Waals surface area contributed by atoms with Gasteiger partial charge in [-0.3, -0.25) is 9.59 Å². The zero-order chi connectivity index (χ0) is 18.4. The van der Waals surface area contributed by atoms with Crippen LogP contribution in [0.1, 0.15) is 55.6 Å². The summed E-state index contributed by atoms with van der Waals surface area (Å²) >= 11 is 0. The summed E-state index contributed by atoms with van der Waals surface area (Å²) in [7, 11) is 0. The molecule has 3 heteroatoms. The highest BCUT2D eigenvalue weighted by atomic mass is 16.5. The zero-order valence-corrected chi connectivity index (χ0v) is 15.3. The Morgan fingerprint density at radius 1 is 0.962 bits per heavy atom. The fourth-order valence-electron chi connectivity index (χ4n) is 3.92. The Bertz CT molecular complexity index is 724. The van der Waals surface area contributed by atoms with Crippen LogP contribution in [0.5, 0.6) is 0 Å². The van der Waals surface area contributed by atoms with Crippen LogP contribution in [0.4, 0.5) is 0 Å². The first-order valence-electron chi connectivity index (χ1n) is 9.51. The van der Waals surface area contributed by atoms with Crippen molar-refractivity contribution in [2.45, 2.75) is 44.4 Å². The van der Waals surface area contributed by atoms with Crippen molar-refractivity contribution in [2.75, 3.05) is 6.61 Å². The first-order chi connectivity index (χ1) is 12.7. The normalized spacial score (nSPS) is 22.3. The van der Waals surface area contributed by atoms with E-state index < -0.39 is 5.92 Å². The number of rotatable bonds is 7. The van der Waals surface area contributed by atoms with Crippen molar-refractivity contribution in [2.24, 2.45) is 5.92 Å². The van der Waals surface area contributed by atoms with Gasteiger partial charge in [0.05, 0.1) is 6.61 Å². The third-order valence-electron chi connectivity index (χ3n) is 5.22. The van der Waals surface area contributed by atoms with Gasteiger partial charge in [0.1, 0.15) is 11.7 Å². The molecular weight excluding hydrogens is 324 g/mol. The standard InChI is InChI=1S/C23H26O3/c1-2-3-10-15-26-23(25)22-20(24)16-19(17-11-6-4-7-12-17)21(22)18-13-8-5-9-14-18/h4-9,11-14,19,21-22H,2-3,10,15-16H2,1H3/t19-,21+,22-/m0/s1. The summed E-state index contributed by atoms with van der Waals surface area (Å²) < 4.78 is 5.47. The maximum Gasteiger partial charge on any atom is 0.317 e. The molecule has 2 aromatic rings. The van der Waals surface area contributed by atoms with Gasteiger partial charge in [-0.25, -0.2) is 0 Å². The minimum absolute atomic E-state index is 0.00630. The molecule has 0 amide bonds. The first kappa shape index (κ1) is 18.4. The van der Waals surface area contributed by atoms with Crippen LogP contribution in [0.3, 0.4) is 0 Å². The molecule has 0 bridgehead atoms. The predicted octanol–water partition coefficient (Wildman–Crippen LogP) is 4.88. The van der Waals surface area contributed by atoms with Crippen molar-refractivity contribution in [1.82, 2.24) is 0 Å². The zero-order valence-electron chi connectivity index (χ0n) is 15.3. The molecule has 136 valence electrons. The van der Waals surface area contributed by atoms with Gasteiger partial charge in [0, 0.05) is 12.3 Å². The lowest BCUT2D eigenvalue weighted by Crippen LogP contribution is -2.27. The van der Waals surface area contributed by atoms with Crippen LogP contribution in [0.15, 0.2) is 60.7 Å². The second-order valence-corrected chi connectivity index (χ2v) is 6.98. The van der Waals surface area contributed by atoms with Crippen molar-refractivity contribution in [3.63, 3.8) is 0 Å². The molecule has 1 aliphatic carbocycles. The third-order valence-corrected chi connectivity index (χ3v) is 5.22. The van der Waals surface area contributed by atoms with Gasteiger partial charge < -0.3 is 4.74 Å². The van der Waals surface area contributed by atoms with E-state index in [1.165, 1.54) is 0 Å². The monoisotopic (exact) mass is 350 g/mol. The summed E-state index contributed by atoms with van der Waals surface area (Å²) in [5.74, 6) is -1.22. The summed E-state index contributed by atoms with van der Waals surface area (Å²) in [6, 6.07) is 19.9. The minimum atomic E-state index is -0.704. The molecule has 3 atom stereocenters. The number of ketones is 1. The predicted molar refractivity (Wildman–Crippen MR) is 102 cm³/mol. The van der Waals surface area contributed by atoms with Crippen molar-refractivity contribution in [3.8, 4) is 0 Å². The molecule has 26 heavy (non-hydrogen) atoms. The van der Waals surface area contributed by atoms with E-state index in [-0.39, 0.29) is 23.6 Å². The van der Waals surface area contributed by atoms with E-state index in [1.807, 2.05) is 60.7 Å². The Labute approximate surface area is 155 Å². The lowest BCUT2D eigenvalue weighted by Gasteiger charge is -2.24. The number of unbranched alkanes of at least 4 members (excludes halogenated alkanes) is 2. The topological polar surface area (TPSA) is 43.4 Å². The van der Waals surface area contributed by atoms with Crippen LogP contribution < -0.4 is 0 Å². The van der Waals surface area contributed by atoms with Gasteiger partial charge in [-0.2, -0.15) is 0 Å². The van der Waals surface area contributed by atoms with Gasteiger partial charge in [-0.1, -0.05) is 80.4 Å². The van der Waals surface area contributed by atoms with E-state index in [1.54, 1.807) is 0 Å². The molecule has 1 saturated carbocycles. The first-order valence-corrected chi connectivity index (χ1v) is 9.51. The van der Waals surface area contributed by atoms with Crippen LogP contribution in [0, 0.1) is 5.92 Å². The van der Waals surface area contributed by atoms with Crippen LogP contribution in [0.25, 0.3) is 0 Å². The Kier molecular flexibility index (Phi) is 6.21. The molecule has 1 fully saturated rings. The molecule has 0 N–H and O–H groups in total. The molecule has 0 radical (unpaired) electrons. The van der Waals surface area contributed by atoms with Crippen LogP contribution in [-0.4, -0.2) is 18.4 Å². The van der Waals surface area contributed by atoms with Gasteiger partial charge >= 0.3 is 5.97 Å². The van der Waals surface area contributed by atoms with E-state index in [0.29, 0.717) is 13.0 Å². The number of ether oxygens (including phenoxy) is 1. The molecule has 0 aromatic heterocycles. The lowest BCUT2D eigenvalue weighted by atomic mass is 9.80. The maximum atomic E-state index is 12.8. The molecule has 1 aliphatic rings. The number of carbonyl (C=O) groups excluding carboxylic acids is 2.